The van der Waals surface area contributed by atoms with Gasteiger partial charge >= 0.3 is 0 Å². The van der Waals surface area contributed by atoms with Crippen LogP contribution in [-0.4, -0.2) is 65.4 Å². The minimum Gasteiger partial charge on any atom is -0.463 e. The van der Waals surface area contributed by atoms with Crippen molar-refractivity contribution in [3.63, 3.8) is 0 Å². The van der Waals surface area contributed by atoms with Crippen LogP contribution in [0, 0.1) is 6.92 Å². The van der Waals surface area contributed by atoms with E-state index in [9.17, 15) is 19.8 Å². The largest absolute Gasteiger partial charge is 0.463 e. The Morgan fingerprint density at radius 2 is 2.24 bits per heavy atom. The lowest BCUT2D eigenvalue weighted by molar-refractivity contribution is -0.127. The van der Waals surface area contributed by atoms with Crippen molar-refractivity contribution in [3.8, 4) is 0 Å². The Morgan fingerprint density at radius 3 is 2.88 bits per heavy atom. The molecule has 0 radical (unpaired) electrons. The summed E-state index contributed by atoms with van der Waals surface area (Å²) >= 11 is 0. The highest BCUT2D eigenvalue weighted by Gasteiger charge is 2.38. The van der Waals surface area contributed by atoms with E-state index in [0.717, 1.165) is 13.0 Å². The van der Waals surface area contributed by atoms with Crippen molar-refractivity contribution >= 4 is 11.8 Å². The molecule has 0 bridgehead atoms. The molecule has 8 nitrogen and oxygen atoms in total. The summed E-state index contributed by atoms with van der Waals surface area (Å²) in [6, 6.07) is 1.54. The molecule has 3 heterocycles. The van der Waals surface area contributed by atoms with Crippen LogP contribution < -0.4 is 5.32 Å². The molecule has 2 amide bonds. The molecule has 3 atom stereocenters. The van der Waals surface area contributed by atoms with Gasteiger partial charge in [0, 0.05) is 26.1 Å². The predicted molar refractivity (Wildman–Crippen MR) is 86.9 cm³/mol. The maximum Gasteiger partial charge on any atom is 0.254 e. The van der Waals surface area contributed by atoms with E-state index in [4.69, 9.17) is 9.15 Å². The molecule has 2 fully saturated rings. The van der Waals surface area contributed by atoms with Crippen molar-refractivity contribution in [2.45, 2.75) is 44.5 Å². The first-order valence-electron chi connectivity index (χ1n) is 8.61. The maximum absolute atomic E-state index is 12.3. The molecule has 25 heavy (non-hydrogen) atoms. The summed E-state index contributed by atoms with van der Waals surface area (Å²) in [7, 11) is 0. The fourth-order valence-electron chi connectivity index (χ4n) is 3.23. The van der Waals surface area contributed by atoms with E-state index in [1.165, 1.54) is 0 Å². The molecule has 8 heteroatoms. The second kappa shape index (κ2) is 7.55. The molecule has 0 aromatic carbocycles. The number of hydrogen-bond acceptors (Lipinski definition) is 6. The van der Waals surface area contributed by atoms with Crippen LogP contribution in [0.2, 0.25) is 0 Å². The lowest BCUT2D eigenvalue weighted by Crippen LogP contribution is -2.30. The maximum atomic E-state index is 12.3. The molecule has 2 saturated heterocycles. The van der Waals surface area contributed by atoms with Crippen molar-refractivity contribution in [2.75, 3.05) is 26.2 Å². The number of carbonyl (C=O) groups excluding carboxylic acids is 2. The third kappa shape index (κ3) is 3.86. The van der Waals surface area contributed by atoms with Crippen LogP contribution in [0.5, 0.6) is 0 Å². The number of carbonyl (C=O) groups is 2. The van der Waals surface area contributed by atoms with Gasteiger partial charge in [-0.25, -0.2) is 0 Å². The van der Waals surface area contributed by atoms with Gasteiger partial charge in [-0.05, 0) is 25.8 Å². The average Bonchev–Trinajstić information content (AvgIpc) is 3.25. The monoisotopic (exact) mass is 352 g/mol. The summed E-state index contributed by atoms with van der Waals surface area (Å²) in [5.41, 5.74) is 0.379. The number of furan rings is 1. The predicted octanol–water partition coefficient (Wildman–Crippen LogP) is 0.123. The van der Waals surface area contributed by atoms with Crippen LogP contribution in [0.3, 0.4) is 0 Å². The van der Waals surface area contributed by atoms with Gasteiger partial charge in [0.05, 0.1) is 12.2 Å². The highest BCUT2D eigenvalue weighted by atomic mass is 16.5. The first-order chi connectivity index (χ1) is 12.0. The quantitative estimate of drug-likeness (QED) is 0.627. The molecule has 3 N–H and O–H groups in total. The smallest absolute Gasteiger partial charge is 0.254 e. The van der Waals surface area contributed by atoms with Gasteiger partial charge in [0.25, 0.3) is 5.91 Å². The minimum absolute atomic E-state index is 0.0301. The number of ether oxygens (including phenoxy) is 1. The Balaban J connectivity index is 1.51. The number of likely N-dealkylation sites (tertiary alicyclic amines) is 1. The zero-order valence-electron chi connectivity index (χ0n) is 14.2. The Labute approximate surface area is 145 Å². The molecular weight excluding hydrogens is 328 g/mol. The average molecular weight is 352 g/mol. The van der Waals surface area contributed by atoms with E-state index in [0.29, 0.717) is 43.0 Å². The van der Waals surface area contributed by atoms with E-state index < -0.39 is 18.3 Å². The van der Waals surface area contributed by atoms with Gasteiger partial charge in [-0.15, -0.1) is 0 Å². The molecule has 2 aliphatic heterocycles. The number of nitrogens with one attached hydrogen (secondary N) is 1. The van der Waals surface area contributed by atoms with Crippen molar-refractivity contribution in [1.29, 1.82) is 0 Å². The highest BCUT2D eigenvalue weighted by molar-refractivity contribution is 5.95. The summed E-state index contributed by atoms with van der Waals surface area (Å²) < 4.78 is 10.8. The van der Waals surface area contributed by atoms with Gasteiger partial charge in [-0.1, -0.05) is 0 Å². The first kappa shape index (κ1) is 17.9. The van der Waals surface area contributed by atoms with Gasteiger partial charge < -0.3 is 29.6 Å². The Bertz CT molecular complexity index is 643. The number of amides is 2. The lowest BCUT2D eigenvalue weighted by Gasteiger charge is -2.15. The van der Waals surface area contributed by atoms with E-state index in [-0.39, 0.29) is 18.4 Å². The minimum atomic E-state index is -1.07. The van der Waals surface area contributed by atoms with Crippen molar-refractivity contribution in [3.05, 3.63) is 23.2 Å². The summed E-state index contributed by atoms with van der Waals surface area (Å²) in [5.74, 6) is 0.668. The van der Waals surface area contributed by atoms with E-state index >= 15 is 0 Å². The summed E-state index contributed by atoms with van der Waals surface area (Å²) in [6.45, 7) is 3.60. The summed E-state index contributed by atoms with van der Waals surface area (Å²) in [4.78, 5) is 25.6. The zero-order valence-corrected chi connectivity index (χ0v) is 14.2. The topological polar surface area (TPSA) is 112 Å². The van der Waals surface area contributed by atoms with Crippen LogP contribution in [0.4, 0.5) is 0 Å². The molecule has 0 aliphatic carbocycles. The Hall–Kier alpha value is -1.90. The van der Waals surface area contributed by atoms with Crippen LogP contribution in [0.1, 0.15) is 47.2 Å². The van der Waals surface area contributed by atoms with Crippen molar-refractivity contribution < 1.29 is 29.0 Å². The van der Waals surface area contributed by atoms with Crippen molar-refractivity contribution in [2.24, 2.45) is 0 Å². The summed E-state index contributed by atoms with van der Waals surface area (Å²) in [5, 5.41) is 22.2. The second-order valence-corrected chi connectivity index (χ2v) is 6.52. The van der Waals surface area contributed by atoms with Crippen LogP contribution >= 0.6 is 0 Å². The molecule has 0 unspecified atom stereocenters. The molecule has 1 aromatic heterocycles. The van der Waals surface area contributed by atoms with Gasteiger partial charge in [0.15, 0.2) is 0 Å². The number of hydrogen-bond donors (Lipinski definition) is 3. The molecule has 138 valence electrons. The molecule has 1 aromatic rings. The molecule has 3 rings (SSSR count). The van der Waals surface area contributed by atoms with Crippen LogP contribution in [0.25, 0.3) is 0 Å². The fraction of sp³-hybridized carbons (Fsp3) is 0.647. The summed E-state index contributed by atoms with van der Waals surface area (Å²) in [6.07, 6.45) is -0.575. The van der Waals surface area contributed by atoms with Gasteiger partial charge in [-0.2, -0.15) is 0 Å². The van der Waals surface area contributed by atoms with Crippen LogP contribution in [-0.2, 0) is 9.53 Å². The number of aliphatic hydroxyl groups excluding tert-OH is 2. The first-order valence-corrected chi connectivity index (χ1v) is 8.61. The third-order valence-electron chi connectivity index (χ3n) is 4.67. The van der Waals surface area contributed by atoms with Crippen molar-refractivity contribution in [1.82, 2.24) is 10.2 Å². The number of nitrogens with zero attached hydrogens (tertiary/aromatic N) is 1. The normalized spacial score (nSPS) is 26.4. The lowest BCUT2D eigenvalue weighted by atomic mass is 10.1. The van der Waals surface area contributed by atoms with Gasteiger partial charge in [-0.3, -0.25) is 9.59 Å². The Kier molecular flexibility index (Phi) is 5.41. The standard InChI is InChI=1S/C17H24N2O6/c1-10-11(8-13(25-10)16-15(22)12(20)9-24-16)17(23)18-5-3-7-19-6-2-4-14(19)21/h8,12,15-16,20,22H,2-7,9H2,1H3,(H,18,23)/t12-,15-,16+/m1/s1. The number of aliphatic hydroxyl groups is 2. The second-order valence-electron chi connectivity index (χ2n) is 6.52. The number of aryl methyl sites for hydroxylation is 1. The SMILES string of the molecule is Cc1oc([C@@H]2OC[C@@H](O)[C@H]2O)cc1C(=O)NCCCN1CCCC1=O. The van der Waals surface area contributed by atoms with Gasteiger partial charge in [0.2, 0.25) is 5.91 Å². The van der Waals surface area contributed by atoms with E-state index in [2.05, 4.69) is 5.32 Å². The van der Waals surface area contributed by atoms with E-state index in [1.807, 2.05) is 4.90 Å². The molecular formula is C17H24N2O6. The zero-order chi connectivity index (χ0) is 18.0. The number of rotatable bonds is 6. The molecule has 0 spiro atoms. The highest BCUT2D eigenvalue weighted by Crippen LogP contribution is 2.32. The van der Waals surface area contributed by atoms with E-state index in [1.54, 1.807) is 13.0 Å². The fourth-order valence-corrected chi connectivity index (χ4v) is 3.23. The Morgan fingerprint density at radius 1 is 1.44 bits per heavy atom. The van der Waals surface area contributed by atoms with Gasteiger partial charge in [0.1, 0.15) is 29.8 Å². The molecule has 2 aliphatic rings. The third-order valence-corrected chi connectivity index (χ3v) is 4.67. The molecule has 0 saturated carbocycles. The van der Waals surface area contributed by atoms with Crippen LogP contribution in [0.15, 0.2) is 10.5 Å².